The van der Waals surface area contributed by atoms with Crippen LogP contribution >= 0.6 is 0 Å². The number of benzene rings is 3. The van der Waals surface area contributed by atoms with Gasteiger partial charge in [0.2, 0.25) is 0 Å². The van der Waals surface area contributed by atoms with E-state index in [1.807, 2.05) is 30.3 Å². The Morgan fingerprint density at radius 2 is 1.77 bits per heavy atom. The van der Waals surface area contributed by atoms with Crippen LogP contribution < -0.4 is 14.8 Å². The summed E-state index contributed by atoms with van der Waals surface area (Å²) in [6.45, 7) is 0.982. The highest BCUT2D eigenvalue weighted by atomic mass is 32.2. The lowest BCUT2D eigenvalue weighted by Crippen LogP contribution is -2.28. The van der Waals surface area contributed by atoms with Crippen LogP contribution in [0.3, 0.4) is 0 Å². The second-order valence-corrected chi connectivity index (χ2v) is 9.29. The zero-order valence-electron chi connectivity index (χ0n) is 19.1. The van der Waals surface area contributed by atoms with E-state index in [-0.39, 0.29) is 22.7 Å². The van der Waals surface area contributed by atoms with Gasteiger partial charge < -0.3 is 14.8 Å². The average Bonchev–Trinajstić information content (AvgIpc) is 2.88. The monoisotopic (exact) mass is 491 g/mol. The topological polar surface area (TPSA) is 107 Å². The fraction of sp³-hybridized carbons (Fsp3) is 0.154. The zero-order chi connectivity index (χ0) is 24.7. The van der Waals surface area contributed by atoms with E-state index in [0.717, 1.165) is 5.56 Å². The van der Waals surface area contributed by atoms with Crippen molar-refractivity contribution in [3.63, 3.8) is 0 Å². The molecule has 9 heteroatoms. The van der Waals surface area contributed by atoms with Crippen LogP contribution in [0.15, 0.2) is 90.0 Å². The SMILES string of the molecule is COc1ccc(NS(=O)(=O)c2cccc3cccnc23)c(C(=O)NCCOCc2ccccc2)c1. The maximum Gasteiger partial charge on any atom is 0.264 e. The second kappa shape index (κ2) is 11.0. The van der Waals surface area contributed by atoms with Crippen molar-refractivity contribution in [3.05, 3.63) is 96.2 Å². The smallest absolute Gasteiger partial charge is 0.264 e. The lowest BCUT2D eigenvalue weighted by atomic mass is 10.1. The lowest BCUT2D eigenvalue weighted by Gasteiger charge is -2.15. The quantitative estimate of drug-likeness (QED) is 0.325. The number of rotatable bonds is 10. The highest BCUT2D eigenvalue weighted by Gasteiger charge is 2.22. The Balaban J connectivity index is 1.49. The summed E-state index contributed by atoms with van der Waals surface area (Å²) in [4.78, 5) is 17.2. The summed E-state index contributed by atoms with van der Waals surface area (Å²) in [7, 11) is -2.56. The zero-order valence-corrected chi connectivity index (χ0v) is 19.9. The van der Waals surface area contributed by atoms with Gasteiger partial charge in [-0.05, 0) is 35.9 Å². The standard InChI is InChI=1S/C26H25N3O5S/c1-33-21-12-13-23(29-35(31,32)24-11-5-9-20-10-6-14-27-25(20)24)22(17-21)26(30)28-15-16-34-18-19-7-3-2-4-8-19/h2-14,17,29H,15-16,18H2,1H3,(H,28,30). The predicted molar refractivity (Wildman–Crippen MR) is 134 cm³/mol. The van der Waals surface area contributed by atoms with Gasteiger partial charge in [0, 0.05) is 18.1 Å². The van der Waals surface area contributed by atoms with Gasteiger partial charge in [0.25, 0.3) is 15.9 Å². The number of hydrogen-bond donors (Lipinski definition) is 2. The number of sulfonamides is 1. The summed E-state index contributed by atoms with van der Waals surface area (Å²) >= 11 is 0. The molecule has 0 bridgehead atoms. The molecule has 1 amide bonds. The Hall–Kier alpha value is -3.95. The van der Waals surface area contributed by atoms with E-state index in [9.17, 15) is 13.2 Å². The van der Waals surface area contributed by atoms with Crippen LogP contribution in [-0.2, 0) is 21.4 Å². The first-order valence-corrected chi connectivity index (χ1v) is 12.4. The van der Waals surface area contributed by atoms with Crippen molar-refractivity contribution in [1.82, 2.24) is 10.3 Å². The highest BCUT2D eigenvalue weighted by Crippen LogP contribution is 2.27. The molecule has 35 heavy (non-hydrogen) atoms. The number of nitrogens with one attached hydrogen (secondary N) is 2. The third-order valence-corrected chi connectivity index (χ3v) is 6.64. The minimum Gasteiger partial charge on any atom is -0.497 e. The van der Waals surface area contributed by atoms with Crippen molar-refractivity contribution in [3.8, 4) is 5.75 Å². The van der Waals surface area contributed by atoms with E-state index in [4.69, 9.17) is 9.47 Å². The van der Waals surface area contributed by atoms with Crippen LogP contribution in [0.1, 0.15) is 15.9 Å². The predicted octanol–water partition coefficient (Wildman–Crippen LogP) is 3.99. The molecule has 1 aromatic heterocycles. The lowest BCUT2D eigenvalue weighted by molar-refractivity contribution is 0.0901. The van der Waals surface area contributed by atoms with Gasteiger partial charge in [-0.25, -0.2) is 8.42 Å². The number of nitrogens with zero attached hydrogens (tertiary/aromatic N) is 1. The molecule has 0 saturated carbocycles. The fourth-order valence-electron chi connectivity index (χ4n) is 3.52. The van der Waals surface area contributed by atoms with Crippen molar-refractivity contribution < 1.29 is 22.7 Å². The van der Waals surface area contributed by atoms with Crippen molar-refractivity contribution >= 4 is 32.5 Å². The van der Waals surface area contributed by atoms with E-state index in [1.165, 1.54) is 31.5 Å². The molecule has 8 nitrogen and oxygen atoms in total. The summed E-state index contributed by atoms with van der Waals surface area (Å²) in [6.07, 6.45) is 1.54. The van der Waals surface area contributed by atoms with E-state index in [1.54, 1.807) is 30.3 Å². The van der Waals surface area contributed by atoms with Crippen molar-refractivity contribution in [2.24, 2.45) is 0 Å². The van der Waals surface area contributed by atoms with Gasteiger partial charge in [-0.1, -0.05) is 48.5 Å². The number of anilines is 1. The third kappa shape index (κ3) is 5.95. The molecule has 0 radical (unpaired) electrons. The number of methoxy groups -OCH3 is 1. The van der Waals surface area contributed by atoms with Crippen LogP contribution in [0.4, 0.5) is 5.69 Å². The summed E-state index contributed by atoms with van der Waals surface area (Å²) < 4.78 is 39.9. The molecular formula is C26H25N3O5S. The number of carbonyl (C=O) groups is 1. The van der Waals surface area contributed by atoms with Gasteiger partial charge in [0.1, 0.15) is 10.6 Å². The van der Waals surface area contributed by atoms with E-state index in [2.05, 4.69) is 15.0 Å². The van der Waals surface area contributed by atoms with Gasteiger partial charge in [0.05, 0.1) is 37.1 Å². The molecule has 180 valence electrons. The third-order valence-electron chi connectivity index (χ3n) is 5.24. The van der Waals surface area contributed by atoms with Crippen molar-refractivity contribution in [2.75, 3.05) is 25.0 Å². The van der Waals surface area contributed by atoms with Crippen molar-refractivity contribution in [2.45, 2.75) is 11.5 Å². The molecule has 0 atom stereocenters. The maximum atomic E-state index is 13.2. The van der Waals surface area contributed by atoms with Crippen LogP contribution in [0.5, 0.6) is 5.75 Å². The van der Waals surface area contributed by atoms with E-state index < -0.39 is 15.9 Å². The molecule has 4 aromatic rings. The van der Waals surface area contributed by atoms with Gasteiger partial charge in [-0.15, -0.1) is 0 Å². The highest BCUT2D eigenvalue weighted by molar-refractivity contribution is 7.93. The molecule has 0 spiro atoms. The van der Waals surface area contributed by atoms with Gasteiger partial charge in [0.15, 0.2) is 0 Å². The van der Waals surface area contributed by atoms with Crippen LogP contribution in [0.2, 0.25) is 0 Å². The molecule has 0 aliphatic carbocycles. The number of fused-ring (bicyclic) bond motifs is 1. The normalized spacial score (nSPS) is 11.2. The number of pyridine rings is 1. The van der Waals surface area contributed by atoms with E-state index in [0.29, 0.717) is 29.9 Å². The molecule has 3 aromatic carbocycles. The first-order chi connectivity index (χ1) is 17.0. The number of ether oxygens (including phenoxy) is 2. The Labute approximate surface area is 204 Å². The minimum absolute atomic E-state index is 0.0205. The number of hydrogen-bond acceptors (Lipinski definition) is 6. The van der Waals surface area contributed by atoms with Crippen LogP contribution in [0.25, 0.3) is 10.9 Å². The minimum atomic E-state index is -4.03. The fourth-order valence-corrected chi connectivity index (χ4v) is 4.78. The van der Waals surface area contributed by atoms with Crippen molar-refractivity contribution in [1.29, 1.82) is 0 Å². The maximum absolute atomic E-state index is 13.2. The largest absolute Gasteiger partial charge is 0.497 e. The summed E-state index contributed by atoms with van der Waals surface area (Å²) in [6, 6.07) is 22.7. The van der Waals surface area contributed by atoms with Crippen LogP contribution in [0, 0.1) is 0 Å². The molecule has 0 unspecified atom stereocenters. The molecule has 1 heterocycles. The number of carbonyl (C=O) groups excluding carboxylic acids is 1. The first kappa shape index (κ1) is 24.2. The number of para-hydroxylation sites is 1. The Kier molecular flexibility index (Phi) is 7.59. The molecule has 4 rings (SSSR count). The summed E-state index contributed by atoms with van der Waals surface area (Å²) in [5.41, 5.74) is 1.63. The van der Waals surface area contributed by atoms with Gasteiger partial charge >= 0.3 is 0 Å². The molecule has 0 fully saturated rings. The Bertz CT molecular complexity index is 1420. The average molecular weight is 492 g/mol. The van der Waals surface area contributed by atoms with Crippen LogP contribution in [-0.4, -0.2) is 39.6 Å². The Morgan fingerprint density at radius 3 is 2.57 bits per heavy atom. The van der Waals surface area contributed by atoms with Gasteiger partial charge in [-0.3, -0.25) is 14.5 Å². The molecular weight excluding hydrogens is 466 g/mol. The summed E-state index contributed by atoms with van der Waals surface area (Å²) in [5, 5.41) is 3.46. The molecule has 2 N–H and O–H groups in total. The first-order valence-electron chi connectivity index (χ1n) is 10.9. The summed E-state index contributed by atoms with van der Waals surface area (Å²) in [5.74, 6) is -0.0359. The second-order valence-electron chi connectivity index (χ2n) is 7.64. The van der Waals surface area contributed by atoms with Gasteiger partial charge in [-0.2, -0.15) is 0 Å². The number of amides is 1. The molecule has 0 aliphatic heterocycles. The Morgan fingerprint density at radius 1 is 0.971 bits per heavy atom. The number of aromatic nitrogens is 1. The van der Waals surface area contributed by atoms with E-state index >= 15 is 0 Å². The molecule has 0 aliphatic rings. The molecule has 0 saturated heterocycles.